The Kier molecular flexibility index (Phi) is 6.83. The summed E-state index contributed by atoms with van der Waals surface area (Å²) in [6.45, 7) is 4.50. The molecule has 0 bridgehead atoms. The van der Waals surface area contributed by atoms with E-state index in [2.05, 4.69) is 0 Å². The molecule has 31 heavy (non-hydrogen) atoms. The second-order valence-corrected chi connectivity index (χ2v) is 11.4. The molecule has 1 aromatic carbocycles. The first-order valence-electron chi connectivity index (χ1n) is 11.3. The van der Waals surface area contributed by atoms with E-state index in [1.54, 1.807) is 27.1 Å². The predicted octanol–water partition coefficient (Wildman–Crippen LogP) is 3.42. The van der Waals surface area contributed by atoms with E-state index < -0.39 is 10.0 Å². The number of likely N-dealkylation sites (tertiary alicyclic amines) is 1. The van der Waals surface area contributed by atoms with Crippen molar-refractivity contribution in [3.05, 3.63) is 27.9 Å². The molecular weight excluding hydrogens is 434 g/mol. The third-order valence-corrected chi connectivity index (χ3v) is 9.44. The molecule has 1 aromatic heterocycles. The van der Waals surface area contributed by atoms with E-state index in [1.165, 1.54) is 6.42 Å². The number of sulfonamides is 1. The van der Waals surface area contributed by atoms with Crippen molar-refractivity contribution in [2.75, 3.05) is 19.6 Å². The maximum Gasteiger partial charge on any atom is 0.308 e. The van der Waals surface area contributed by atoms with Gasteiger partial charge in [0.25, 0.3) is 0 Å². The summed E-state index contributed by atoms with van der Waals surface area (Å²) in [6.07, 6.45) is 7.18. The summed E-state index contributed by atoms with van der Waals surface area (Å²) in [7, 11) is -3.59. The lowest BCUT2D eigenvalue weighted by molar-refractivity contribution is -0.132. The predicted molar refractivity (Wildman–Crippen MR) is 123 cm³/mol. The Hall–Kier alpha value is -1.71. The largest absolute Gasteiger partial charge is 0.343 e. The Labute approximate surface area is 187 Å². The average molecular weight is 466 g/mol. The van der Waals surface area contributed by atoms with E-state index in [9.17, 15) is 18.0 Å². The Morgan fingerprint density at radius 1 is 1.10 bits per heavy atom. The maximum atomic E-state index is 13.3. The Bertz CT molecular complexity index is 1100. The fourth-order valence-electron chi connectivity index (χ4n) is 4.76. The smallest absolute Gasteiger partial charge is 0.308 e. The van der Waals surface area contributed by atoms with Gasteiger partial charge in [-0.15, -0.1) is 0 Å². The van der Waals surface area contributed by atoms with Crippen LogP contribution in [0.1, 0.15) is 58.3 Å². The lowest BCUT2D eigenvalue weighted by Crippen LogP contribution is -2.43. The molecule has 2 aromatic rings. The van der Waals surface area contributed by atoms with Gasteiger partial charge in [0.2, 0.25) is 15.9 Å². The molecule has 7 nitrogen and oxygen atoms in total. The van der Waals surface area contributed by atoms with Crippen LogP contribution in [0.4, 0.5) is 0 Å². The summed E-state index contributed by atoms with van der Waals surface area (Å²) in [4.78, 5) is 27.1. The van der Waals surface area contributed by atoms with Gasteiger partial charge in [0.1, 0.15) is 0 Å². The number of hydrogen-bond donors (Lipinski definition) is 0. The van der Waals surface area contributed by atoms with Gasteiger partial charge in [-0.05, 0) is 56.7 Å². The molecule has 3 heterocycles. The molecule has 9 heteroatoms. The summed E-state index contributed by atoms with van der Waals surface area (Å²) in [6, 6.07) is 4.99. The molecule has 0 spiro atoms. The standard InChI is InChI=1S/C22H31N3O4S2/c1-2-17-8-4-7-14-25(17)31(28,29)18-9-10-19-20(16-18)30-22(27)24(19)15-11-21(26)23-12-5-3-6-13-23/h9-10,16-17H,2-8,11-15H2,1H3/t17-/m1/s1. The minimum Gasteiger partial charge on any atom is -0.343 e. The molecule has 2 fully saturated rings. The molecule has 1 amide bonds. The number of carbonyl (C=O) groups excluding carboxylic acids is 1. The molecular formula is C22H31N3O4S2. The molecule has 170 valence electrons. The zero-order valence-electron chi connectivity index (χ0n) is 18.1. The van der Waals surface area contributed by atoms with E-state index in [-0.39, 0.29) is 28.1 Å². The van der Waals surface area contributed by atoms with Crippen molar-refractivity contribution < 1.29 is 13.2 Å². The Morgan fingerprint density at radius 3 is 2.58 bits per heavy atom. The molecule has 0 aliphatic carbocycles. The van der Waals surface area contributed by atoms with E-state index in [0.717, 1.165) is 63.0 Å². The van der Waals surface area contributed by atoms with Crippen molar-refractivity contribution in [2.45, 2.75) is 75.8 Å². The summed E-state index contributed by atoms with van der Waals surface area (Å²) in [5, 5.41) is 0. The summed E-state index contributed by atoms with van der Waals surface area (Å²) >= 11 is 1.05. The number of nitrogens with zero attached hydrogens (tertiary/aromatic N) is 3. The number of rotatable bonds is 6. The highest BCUT2D eigenvalue weighted by atomic mass is 32.2. The number of carbonyl (C=O) groups is 1. The first kappa shape index (κ1) is 22.5. The van der Waals surface area contributed by atoms with Crippen molar-refractivity contribution in [2.24, 2.45) is 0 Å². The molecule has 2 saturated heterocycles. The molecule has 0 saturated carbocycles. The quantitative estimate of drug-likeness (QED) is 0.655. The molecule has 2 aliphatic rings. The van der Waals surface area contributed by atoms with Gasteiger partial charge >= 0.3 is 4.87 Å². The van der Waals surface area contributed by atoms with Crippen LogP contribution in [0.3, 0.4) is 0 Å². The van der Waals surface area contributed by atoms with Gasteiger partial charge in [0, 0.05) is 38.6 Å². The summed E-state index contributed by atoms with van der Waals surface area (Å²) in [5.41, 5.74) is 0.700. The van der Waals surface area contributed by atoms with Crippen LogP contribution < -0.4 is 4.87 Å². The van der Waals surface area contributed by atoms with Gasteiger partial charge in [0.15, 0.2) is 0 Å². The topological polar surface area (TPSA) is 79.7 Å². The molecule has 0 N–H and O–H groups in total. The minimum atomic E-state index is -3.59. The van der Waals surface area contributed by atoms with Crippen LogP contribution in [0.15, 0.2) is 27.9 Å². The molecule has 0 radical (unpaired) electrons. The van der Waals surface area contributed by atoms with Crippen LogP contribution in [-0.2, 0) is 21.4 Å². The SMILES string of the molecule is CC[C@@H]1CCCCN1S(=O)(=O)c1ccc2c(c1)sc(=O)n2CCC(=O)N1CCCCC1. The molecule has 1 atom stereocenters. The molecule has 4 rings (SSSR count). The summed E-state index contributed by atoms with van der Waals surface area (Å²) in [5.74, 6) is 0.0841. The van der Waals surface area contributed by atoms with Crippen molar-refractivity contribution in [1.29, 1.82) is 0 Å². The third-order valence-electron chi connectivity index (χ3n) is 6.55. The van der Waals surface area contributed by atoms with Gasteiger partial charge in [0.05, 0.1) is 15.1 Å². The van der Waals surface area contributed by atoms with Gasteiger partial charge in [-0.2, -0.15) is 4.31 Å². The van der Waals surface area contributed by atoms with Crippen LogP contribution in [0.2, 0.25) is 0 Å². The van der Waals surface area contributed by atoms with Crippen LogP contribution in [0, 0.1) is 0 Å². The lowest BCUT2D eigenvalue weighted by atomic mass is 10.0. The fourth-order valence-corrected chi connectivity index (χ4v) is 7.59. The molecule has 0 unspecified atom stereocenters. The lowest BCUT2D eigenvalue weighted by Gasteiger charge is -2.34. The summed E-state index contributed by atoms with van der Waals surface area (Å²) < 4.78 is 30.4. The third kappa shape index (κ3) is 4.59. The first-order chi connectivity index (χ1) is 14.9. The van der Waals surface area contributed by atoms with Crippen molar-refractivity contribution in [3.63, 3.8) is 0 Å². The monoisotopic (exact) mass is 465 g/mol. The highest BCUT2D eigenvalue weighted by molar-refractivity contribution is 7.89. The number of hydrogen-bond acceptors (Lipinski definition) is 5. The van der Waals surface area contributed by atoms with Gasteiger partial charge < -0.3 is 4.90 Å². The van der Waals surface area contributed by atoms with E-state index in [4.69, 9.17) is 0 Å². The Morgan fingerprint density at radius 2 is 1.84 bits per heavy atom. The number of aromatic nitrogens is 1. The van der Waals surface area contributed by atoms with Crippen molar-refractivity contribution >= 4 is 37.5 Å². The number of aryl methyl sites for hydroxylation is 1. The first-order valence-corrected chi connectivity index (χ1v) is 13.6. The van der Waals surface area contributed by atoms with Gasteiger partial charge in [-0.25, -0.2) is 8.42 Å². The Balaban J connectivity index is 1.55. The highest BCUT2D eigenvalue weighted by Gasteiger charge is 2.32. The van der Waals surface area contributed by atoms with E-state index in [1.807, 2.05) is 11.8 Å². The number of benzene rings is 1. The zero-order chi connectivity index (χ0) is 22.0. The van der Waals surface area contributed by atoms with Crippen molar-refractivity contribution in [1.82, 2.24) is 13.8 Å². The highest BCUT2D eigenvalue weighted by Crippen LogP contribution is 2.29. The van der Waals surface area contributed by atoms with E-state index >= 15 is 0 Å². The van der Waals surface area contributed by atoms with Crippen LogP contribution in [0.25, 0.3) is 10.2 Å². The zero-order valence-corrected chi connectivity index (χ0v) is 19.7. The minimum absolute atomic E-state index is 0.0404. The van der Waals surface area contributed by atoms with Crippen molar-refractivity contribution in [3.8, 4) is 0 Å². The second kappa shape index (κ2) is 9.42. The average Bonchev–Trinajstić information content (AvgIpc) is 3.12. The number of thiazole rings is 1. The number of fused-ring (bicyclic) bond motifs is 1. The molecule has 2 aliphatic heterocycles. The maximum absolute atomic E-state index is 13.3. The van der Waals surface area contributed by atoms with Crippen LogP contribution in [-0.4, -0.2) is 53.8 Å². The normalized spacial score (nSPS) is 20.9. The van der Waals surface area contributed by atoms with Crippen LogP contribution >= 0.6 is 11.3 Å². The number of piperidine rings is 2. The second-order valence-electron chi connectivity index (χ2n) is 8.51. The van der Waals surface area contributed by atoms with Gasteiger partial charge in [-0.3, -0.25) is 14.2 Å². The fraction of sp³-hybridized carbons (Fsp3) is 0.636. The number of amides is 1. The van der Waals surface area contributed by atoms with Gasteiger partial charge in [-0.1, -0.05) is 24.7 Å². The van der Waals surface area contributed by atoms with Crippen LogP contribution in [0.5, 0.6) is 0 Å². The van der Waals surface area contributed by atoms with E-state index in [0.29, 0.717) is 23.3 Å².